The van der Waals surface area contributed by atoms with E-state index < -0.39 is 0 Å². The third-order valence-corrected chi connectivity index (χ3v) is 2.55. The van der Waals surface area contributed by atoms with Crippen molar-refractivity contribution in [3.63, 3.8) is 0 Å². The molecule has 0 aliphatic carbocycles. The molecule has 0 heterocycles. The van der Waals surface area contributed by atoms with Gasteiger partial charge in [-0.1, -0.05) is 19.9 Å². The maximum Gasteiger partial charge on any atom is 0.00441 e. The zero-order valence-electron chi connectivity index (χ0n) is 10.3. The highest BCUT2D eigenvalue weighted by Crippen LogP contribution is 2.08. The van der Waals surface area contributed by atoms with Gasteiger partial charge in [-0.15, -0.1) is 6.58 Å². The number of hydrogen-bond acceptors (Lipinski definition) is 1. The van der Waals surface area contributed by atoms with Crippen LogP contribution in [0.4, 0.5) is 0 Å². The lowest BCUT2D eigenvalue weighted by Crippen LogP contribution is -2.34. The number of rotatable bonds is 8. The first-order valence-corrected chi connectivity index (χ1v) is 5.93. The highest BCUT2D eigenvalue weighted by atomic mass is 14.9. The number of nitrogens with one attached hydrogen (secondary N) is 1. The topological polar surface area (TPSA) is 12.0 Å². The minimum atomic E-state index is 0.621. The van der Waals surface area contributed by atoms with Gasteiger partial charge in [0.2, 0.25) is 0 Å². The third kappa shape index (κ3) is 8.31. The van der Waals surface area contributed by atoms with E-state index in [1.807, 2.05) is 6.08 Å². The van der Waals surface area contributed by atoms with Crippen LogP contribution in [0.15, 0.2) is 12.7 Å². The zero-order valence-corrected chi connectivity index (χ0v) is 10.3. The largest absolute Gasteiger partial charge is 0.312 e. The van der Waals surface area contributed by atoms with Gasteiger partial charge in [-0.25, -0.2) is 0 Å². The van der Waals surface area contributed by atoms with Gasteiger partial charge in [0.1, 0.15) is 0 Å². The second-order valence-corrected chi connectivity index (χ2v) is 4.81. The van der Waals surface area contributed by atoms with Crippen LogP contribution in [0.3, 0.4) is 0 Å². The molecule has 0 saturated carbocycles. The standard InChI is InChI=1S/C13H27N/c1-6-7-8-12(4)14-13(5)10-9-11(2)3/h6,11-14H,1,7-10H2,2-5H3. The van der Waals surface area contributed by atoms with E-state index in [1.54, 1.807) is 0 Å². The summed E-state index contributed by atoms with van der Waals surface area (Å²) in [5, 5.41) is 3.62. The Morgan fingerprint density at radius 2 is 1.57 bits per heavy atom. The molecule has 2 atom stereocenters. The molecule has 0 aromatic heterocycles. The molecule has 14 heavy (non-hydrogen) atoms. The SMILES string of the molecule is C=CCCC(C)NC(C)CCC(C)C. The molecule has 0 aliphatic heterocycles. The van der Waals surface area contributed by atoms with Gasteiger partial charge >= 0.3 is 0 Å². The van der Waals surface area contributed by atoms with E-state index in [0.29, 0.717) is 12.1 Å². The van der Waals surface area contributed by atoms with Gasteiger partial charge in [-0.2, -0.15) is 0 Å². The summed E-state index contributed by atoms with van der Waals surface area (Å²) in [5.41, 5.74) is 0. The van der Waals surface area contributed by atoms with Crippen LogP contribution in [0.1, 0.15) is 53.4 Å². The first kappa shape index (κ1) is 13.7. The lowest BCUT2D eigenvalue weighted by atomic mass is 10.0. The van der Waals surface area contributed by atoms with E-state index in [9.17, 15) is 0 Å². The van der Waals surface area contributed by atoms with Crippen molar-refractivity contribution in [2.24, 2.45) is 5.92 Å². The lowest BCUT2D eigenvalue weighted by Gasteiger charge is -2.20. The summed E-state index contributed by atoms with van der Waals surface area (Å²) in [6.45, 7) is 12.9. The smallest absolute Gasteiger partial charge is 0.00441 e. The molecule has 0 amide bonds. The second-order valence-electron chi connectivity index (χ2n) is 4.81. The molecule has 0 bridgehead atoms. The molecule has 2 unspecified atom stereocenters. The van der Waals surface area contributed by atoms with Crippen molar-refractivity contribution in [3.05, 3.63) is 12.7 Å². The Morgan fingerprint density at radius 3 is 2.07 bits per heavy atom. The van der Waals surface area contributed by atoms with Gasteiger partial charge in [0.15, 0.2) is 0 Å². The predicted molar refractivity (Wildman–Crippen MR) is 65.6 cm³/mol. The Balaban J connectivity index is 3.49. The highest BCUT2D eigenvalue weighted by molar-refractivity contribution is 4.73. The normalized spacial score (nSPS) is 15.5. The average Bonchev–Trinajstić information content (AvgIpc) is 2.11. The van der Waals surface area contributed by atoms with Crippen LogP contribution in [0.2, 0.25) is 0 Å². The fourth-order valence-electron chi connectivity index (χ4n) is 1.60. The number of hydrogen-bond donors (Lipinski definition) is 1. The van der Waals surface area contributed by atoms with Crippen LogP contribution in [0, 0.1) is 5.92 Å². The monoisotopic (exact) mass is 197 g/mol. The van der Waals surface area contributed by atoms with E-state index in [-0.39, 0.29) is 0 Å². The summed E-state index contributed by atoms with van der Waals surface area (Å²) in [6, 6.07) is 1.27. The Labute approximate surface area is 90.0 Å². The van der Waals surface area contributed by atoms with Crippen molar-refractivity contribution in [3.8, 4) is 0 Å². The maximum absolute atomic E-state index is 3.74. The van der Waals surface area contributed by atoms with Gasteiger partial charge in [-0.05, 0) is 45.4 Å². The molecule has 0 rings (SSSR count). The van der Waals surface area contributed by atoms with E-state index >= 15 is 0 Å². The number of allylic oxidation sites excluding steroid dienone is 1. The molecule has 84 valence electrons. The summed E-state index contributed by atoms with van der Waals surface area (Å²) in [7, 11) is 0. The summed E-state index contributed by atoms with van der Waals surface area (Å²) in [5.74, 6) is 0.822. The van der Waals surface area contributed by atoms with Crippen molar-refractivity contribution in [1.82, 2.24) is 5.32 Å². The fraction of sp³-hybridized carbons (Fsp3) is 0.846. The molecule has 0 aliphatic rings. The fourth-order valence-corrected chi connectivity index (χ4v) is 1.60. The van der Waals surface area contributed by atoms with Crippen molar-refractivity contribution >= 4 is 0 Å². The second kappa shape index (κ2) is 8.05. The molecule has 0 radical (unpaired) electrons. The molecular weight excluding hydrogens is 170 g/mol. The van der Waals surface area contributed by atoms with E-state index in [4.69, 9.17) is 0 Å². The van der Waals surface area contributed by atoms with Crippen LogP contribution in [-0.2, 0) is 0 Å². The van der Waals surface area contributed by atoms with Crippen LogP contribution < -0.4 is 5.32 Å². The van der Waals surface area contributed by atoms with E-state index in [2.05, 4.69) is 39.6 Å². The predicted octanol–water partition coefficient (Wildman–Crippen LogP) is 3.76. The average molecular weight is 197 g/mol. The molecule has 1 heteroatoms. The minimum absolute atomic E-state index is 0.621. The van der Waals surface area contributed by atoms with Gasteiger partial charge in [0, 0.05) is 12.1 Å². The lowest BCUT2D eigenvalue weighted by molar-refractivity contribution is 0.401. The Bertz CT molecular complexity index is 140. The quantitative estimate of drug-likeness (QED) is 0.584. The van der Waals surface area contributed by atoms with E-state index in [1.165, 1.54) is 19.3 Å². The van der Waals surface area contributed by atoms with Crippen LogP contribution in [0.25, 0.3) is 0 Å². The van der Waals surface area contributed by atoms with Crippen molar-refractivity contribution < 1.29 is 0 Å². The van der Waals surface area contributed by atoms with Crippen molar-refractivity contribution in [1.29, 1.82) is 0 Å². The molecule has 0 saturated heterocycles. The van der Waals surface area contributed by atoms with Crippen molar-refractivity contribution in [2.75, 3.05) is 0 Å². The molecular formula is C13H27N. The summed E-state index contributed by atoms with van der Waals surface area (Å²) in [6.07, 6.45) is 6.93. The zero-order chi connectivity index (χ0) is 11.0. The van der Waals surface area contributed by atoms with Crippen LogP contribution in [-0.4, -0.2) is 12.1 Å². The molecule has 0 aromatic rings. The summed E-state index contributed by atoms with van der Waals surface area (Å²) >= 11 is 0. The molecule has 0 spiro atoms. The molecule has 1 N–H and O–H groups in total. The summed E-state index contributed by atoms with van der Waals surface area (Å²) in [4.78, 5) is 0. The van der Waals surface area contributed by atoms with Crippen LogP contribution in [0.5, 0.6) is 0 Å². The highest BCUT2D eigenvalue weighted by Gasteiger charge is 2.06. The summed E-state index contributed by atoms with van der Waals surface area (Å²) < 4.78 is 0. The Hall–Kier alpha value is -0.300. The Kier molecular flexibility index (Phi) is 7.87. The first-order valence-electron chi connectivity index (χ1n) is 5.93. The van der Waals surface area contributed by atoms with E-state index in [0.717, 1.165) is 12.3 Å². The van der Waals surface area contributed by atoms with Gasteiger partial charge in [0.25, 0.3) is 0 Å². The molecule has 0 aromatic carbocycles. The first-order chi connectivity index (χ1) is 6.56. The van der Waals surface area contributed by atoms with Crippen molar-refractivity contribution in [2.45, 2.75) is 65.5 Å². The van der Waals surface area contributed by atoms with Gasteiger partial charge < -0.3 is 5.32 Å². The molecule has 1 nitrogen and oxygen atoms in total. The Morgan fingerprint density at radius 1 is 1.00 bits per heavy atom. The molecule has 0 fully saturated rings. The minimum Gasteiger partial charge on any atom is -0.312 e. The van der Waals surface area contributed by atoms with Gasteiger partial charge in [0.05, 0.1) is 0 Å². The van der Waals surface area contributed by atoms with Crippen LogP contribution >= 0.6 is 0 Å². The maximum atomic E-state index is 3.74. The third-order valence-electron chi connectivity index (χ3n) is 2.55. The van der Waals surface area contributed by atoms with Gasteiger partial charge in [-0.3, -0.25) is 0 Å².